The maximum Gasteiger partial charge on any atom is 0.447 e. The zero-order chi connectivity index (χ0) is 30.4. The van der Waals surface area contributed by atoms with Crippen molar-refractivity contribution in [2.75, 3.05) is 51.0 Å². The number of alkyl halides is 4. The van der Waals surface area contributed by atoms with Crippen LogP contribution in [-0.4, -0.2) is 84.5 Å². The molecule has 0 aliphatic carbocycles. The van der Waals surface area contributed by atoms with Crippen molar-refractivity contribution in [2.45, 2.75) is 42.2 Å². The second-order valence-electron chi connectivity index (χ2n) is 9.90. The third kappa shape index (κ3) is 7.81. The normalized spacial score (nSPS) is 18.2. The zero-order valence-electron chi connectivity index (χ0n) is 23.4. The SMILES string of the molecule is CNC(=O)c1ccc(OC)c(NCC#Cc2cc3c(N[C@@H]4CCN(C[C@H](C)O)C[C@@H]4F)cccn3c2SC(F)(F)F)c1. The summed E-state index contributed by atoms with van der Waals surface area (Å²) in [6, 6.07) is 9.18. The molecule has 4 N–H and O–H groups in total. The minimum Gasteiger partial charge on any atom is -0.495 e. The van der Waals surface area contributed by atoms with Crippen molar-refractivity contribution in [1.29, 1.82) is 0 Å². The smallest absolute Gasteiger partial charge is 0.447 e. The fraction of sp³-hybridized carbons (Fsp3) is 0.414. The molecule has 0 unspecified atom stereocenters. The van der Waals surface area contributed by atoms with E-state index in [0.29, 0.717) is 47.7 Å². The molecule has 4 rings (SSSR count). The highest BCUT2D eigenvalue weighted by Gasteiger charge is 2.33. The number of nitrogens with one attached hydrogen (secondary N) is 3. The second kappa shape index (κ2) is 13.6. The number of ether oxygens (including phenoxy) is 1. The number of carbonyl (C=O) groups is 1. The molecule has 1 amide bonds. The van der Waals surface area contributed by atoms with E-state index in [0.717, 1.165) is 0 Å². The molecule has 8 nitrogen and oxygen atoms in total. The van der Waals surface area contributed by atoms with Crippen LogP contribution >= 0.6 is 11.8 Å². The average Bonchev–Trinajstić information content (AvgIpc) is 3.28. The number of halogens is 4. The molecular weight excluding hydrogens is 574 g/mol. The van der Waals surface area contributed by atoms with Gasteiger partial charge in [-0.3, -0.25) is 9.69 Å². The number of benzene rings is 1. The van der Waals surface area contributed by atoms with Crippen molar-refractivity contribution >= 4 is 34.6 Å². The first kappa shape index (κ1) is 31.3. The third-order valence-electron chi connectivity index (χ3n) is 6.74. The van der Waals surface area contributed by atoms with E-state index < -0.39 is 23.8 Å². The van der Waals surface area contributed by atoms with Crippen LogP contribution in [0, 0.1) is 11.8 Å². The van der Waals surface area contributed by atoms with E-state index in [1.165, 1.54) is 24.8 Å². The maximum absolute atomic E-state index is 15.0. The molecule has 42 heavy (non-hydrogen) atoms. The van der Waals surface area contributed by atoms with Crippen LogP contribution in [0.4, 0.5) is 28.9 Å². The summed E-state index contributed by atoms with van der Waals surface area (Å²) in [5, 5.41) is 18.3. The van der Waals surface area contributed by atoms with Gasteiger partial charge in [0.25, 0.3) is 5.91 Å². The first-order valence-electron chi connectivity index (χ1n) is 13.3. The average molecular weight is 608 g/mol. The summed E-state index contributed by atoms with van der Waals surface area (Å²) in [5.41, 5.74) is -2.53. The molecule has 1 aliphatic rings. The van der Waals surface area contributed by atoms with Gasteiger partial charge in [-0.25, -0.2) is 4.39 Å². The van der Waals surface area contributed by atoms with Gasteiger partial charge in [-0.05, 0) is 49.7 Å². The monoisotopic (exact) mass is 607 g/mol. The zero-order valence-corrected chi connectivity index (χ0v) is 24.2. The van der Waals surface area contributed by atoms with Crippen molar-refractivity contribution < 1.29 is 32.2 Å². The Balaban J connectivity index is 1.58. The lowest BCUT2D eigenvalue weighted by Crippen LogP contribution is -2.49. The molecule has 3 aromatic rings. The molecule has 1 aromatic carbocycles. The number of aliphatic hydroxyl groups excluding tert-OH is 1. The van der Waals surface area contributed by atoms with Gasteiger partial charge in [0.2, 0.25) is 0 Å². The number of β-amino-alcohol motifs (C(OH)–C–C–N with tert-alkyl or cyclic N) is 1. The molecule has 1 fully saturated rings. The minimum absolute atomic E-state index is 0.0650. The lowest BCUT2D eigenvalue weighted by Gasteiger charge is -2.36. The molecule has 0 radical (unpaired) electrons. The van der Waals surface area contributed by atoms with Crippen molar-refractivity contribution in [3.63, 3.8) is 0 Å². The van der Waals surface area contributed by atoms with E-state index in [9.17, 15) is 23.1 Å². The highest BCUT2D eigenvalue weighted by molar-refractivity contribution is 8.00. The van der Waals surface area contributed by atoms with Crippen LogP contribution in [0.3, 0.4) is 0 Å². The van der Waals surface area contributed by atoms with Crippen molar-refractivity contribution in [1.82, 2.24) is 14.6 Å². The van der Waals surface area contributed by atoms with Crippen LogP contribution in [0.5, 0.6) is 5.75 Å². The van der Waals surface area contributed by atoms with Gasteiger partial charge in [-0.2, -0.15) is 13.2 Å². The fourth-order valence-electron chi connectivity index (χ4n) is 4.88. The van der Waals surface area contributed by atoms with Crippen molar-refractivity contribution in [3.05, 3.63) is 53.7 Å². The first-order chi connectivity index (χ1) is 20.0. The number of methoxy groups -OCH3 is 1. The summed E-state index contributed by atoms with van der Waals surface area (Å²) >= 11 is -0.264. The Morgan fingerprint density at radius 2 is 2.05 bits per heavy atom. The van der Waals surface area contributed by atoms with E-state index in [2.05, 4.69) is 27.8 Å². The maximum atomic E-state index is 15.0. The Morgan fingerprint density at radius 3 is 2.71 bits per heavy atom. The predicted molar refractivity (Wildman–Crippen MR) is 156 cm³/mol. The van der Waals surface area contributed by atoms with Crippen molar-refractivity contribution in [2.24, 2.45) is 0 Å². The summed E-state index contributed by atoms with van der Waals surface area (Å²) in [6.45, 7) is 2.84. The number of carbonyl (C=O) groups excluding carboxylic acids is 1. The molecule has 1 saturated heterocycles. The molecule has 3 heterocycles. The van der Waals surface area contributed by atoms with Crippen molar-refractivity contribution in [3.8, 4) is 17.6 Å². The highest BCUT2D eigenvalue weighted by Crippen LogP contribution is 2.41. The third-order valence-corrected chi connectivity index (χ3v) is 7.59. The van der Waals surface area contributed by atoms with E-state index in [-0.39, 0.29) is 41.3 Å². The predicted octanol–water partition coefficient (Wildman–Crippen LogP) is 4.59. The minimum atomic E-state index is -4.55. The van der Waals surface area contributed by atoms with Gasteiger partial charge >= 0.3 is 5.51 Å². The fourth-order valence-corrected chi connectivity index (χ4v) is 5.58. The molecule has 2 aromatic heterocycles. The molecule has 0 spiro atoms. The number of nitrogens with zero attached hydrogens (tertiary/aromatic N) is 2. The number of amides is 1. The number of pyridine rings is 1. The lowest BCUT2D eigenvalue weighted by atomic mass is 10.0. The second-order valence-corrected chi connectivity index (χ2v) is 11.0. The van der Waals surface area contributed by atoms with E-state index in [1.807, 2.05) is 4.90 Å². The van der Waals surface area contributed by atoms with Crippen LogP contribution < -0.4 is 20.7 Å². The number of hydrogen-bond acceptors (Lipinski definition) is 7. The van der Waals surface area contributed by atoms with Gasteiger partial charge in [-0.15, -0.1) is 0 Å². The van der Waals surface area contributed by atoms with Gasteiger partial charge in [0.1, 0.15) is 16.9 Å². The van der Waals surface area contributed by atoms with Crippen LogP contribution in [0.2, 0.25) is 0 Å². The number of rotatable bonds is 9. The van der Waals surface area contributed by atoms with E-state index >= 15 is 4.39 Å². The number of hydrogen-bond donors (Lipinski definition) is 4. The number of thioether (sulfide) groups is 1. The van der Waals surface area contributed by atoms with Crippen LogP contribution in [0.1, 0.15) is 29.3 Å². The van der Waals surface area contributed by atoms with Crippen LogP contribution in [0.15, 0.2) is 47.6 Å². The summed E-state index contributed by atoms with van der Waals surface area (Å²) in [7, 11) is 3.00. The summed E-state index contributed by atoms with van der Waals surface area (Å²) in [6.07, 6.45) is 0.208. The van der Waals surface area contributed by atoms with Gasteiger partial charge in [-0.1, -0.05) is 11.8 Å². The number of aromatic nitrogens is 1. The Kier molecular flexibility index (Phi) is 10.1. The Hall–Kier alpha value is -3.60. The molecule has 226 valence electrons. The Bertz CT molecular complexity index is 1470. The topological polar surface area (TPSA) is 90.3 Å². The number of likely N-dealkylation sites (tertiary alicyclic amines) is 1. The van der Waals surface area contributed by atoms with Gasteiger partial charge in [0.05, 0.1) is 48.3 Å². The Morgan fingerprint density at radius 1 is 1.26 bits per heavy atom. The van der Waals surface area contributed by atoms with Gasteiger partial charge in [0.15, 0.2) is 0 Å². The lowest BCUT2D eigenvalue weighted by molar-refractivity contribution is -0.0329. The number of aliphatic hydroxyl groups is 1. The molecule has 0 bridgehead atoms. The molecule has 0 saturated carbocycles. The number of piperidine rings is 1. The van der Waals surface area contributed by atoms with Gasteiger partial charge < -0.3 is 30.2 Å². The molecule has 3 atom stereocenters. The summed E-state index contributed by atoms with van der Waals surface area (Å²) < 4.78 is 62.4. The quantitative estimate of drug-likeness (QED) is 0.161. The summed E-state index contributed by atoms with van der Waals surface area (Å²) in [4.78, 5) is 13.9. The molecule has 13 heteroatoms. The largest absolute Gasteiger partial charge is 0.495 e. The number of anilines is 2. The van der Waals surface area contributed by atoms with E-state index in [1.54, 1.807) is 43.3 Å². The highest BCUT2D eigenvalue weighted by atomic mass is 32.2. The first-order valence-corrected chi connectivity index (χ1v) is 14.1. The van der Waals surface area contributed by atoms with Crippen LogP contribution in [0.25, 0.3) is 5.52 Å². The number of fused-ring (bicyclic) bond motifs is 1. The van der Waals surface area contributed by atoms with Gasteiger partial charge in [0, 0.05) is 50.2 Å². The van der Waals surface area contributed by atoms with Crippen LogP contribution in [-0.2, 0) is 0 Å². The Labute approximate surface area is 245 Å². The standard InChI is InChI=1S/C29H33F4N5O3S/c1-18(39)16-37-13-10-22(21(30)17-37)36-23-7-5-12-38-25(23)15-20(28(38)42-29(31,32)33)6-4-11-35-24-14-19(27(40)34-2)8-9-26(24)41-3/h5,7-9,12,14-15,18,21-22,35-36,39H,10-11,13,16-17H2,1-3H3,(H,34,40)/t18-,21-,22+/m0/s1. The van der Waals surface area contributed by atoms with E-state index in [4.69, 9.17) is 4.74 Å². The summed E-state index contributed by atoms with van der Waals surface area (Å²) in [5.74, 6) is 5.90. The molecule has 1 aliphatic heterocycles. The molecular formula is C29H33F4N5O3S.